The quantitative estimate of drug-likeness (QED) is 0.768. The second-order valence-electron chi connectivity index (χ2n) is 5.92. The molecule has 8 heteroatoms. The Hall–Kier alpha value is -2.74. The van der Waals surface area contributed by atoms with Crippen molar-refractivity contribution in [3.63, 3.8) is 0 Å². The molecule has 0 atom stereocenters. The van der Waals surface area contributed by atoms with Crippen molar-refractivity contribution >= 4 is 34.3 Å². The van der Waals surface area contributed by atoms with Gasteiger partial charge in [-0.3, -0.25) is 5.43 Å². The Bertz CT molecular complexity index is 918. The van der Waals surface area contributed by atoms with E-state index in [2.05, 4.69) is 20.5 Å². The number of aliphatic imine (C=N–C) groups is 1. The molecule has 1 aromatic carbocycles. The van der Waals surface area contributed by atoms with Gasteiger partial charge in [0.1, 0.15) is 5.75 Å². The predicted molar refractivity (Wildman–Crippen MR) is 108 cm³/mol. The van der Waals surface area contributed by atoms with Gasteiger partial charge in [-0.15, -0.1) is 0 Å². The first-order chi connectivity index (χ1) is 13.0. The number of aromatic nitrogens is 1. The third-order valence-corrected chi connectivity index (χ3v) is 4.93. The van der Waals surface area contributed by atoms with Crippen LogP contribution in [-0.2, 0) is 4.74 Å². The van der Waals surface area contributed by atoms with Gasteiger partial charge < -0.3 is 14.5 Å². The predicted octanol–water partition coefficient (Wildman–Crippen LogP) is 3.55. The lowest BCUT2D eigenvalue weighted by Crippen LogP contribution is -2.26. The van der Waals surface area contributed by atoms with E-state index in [1.165, 1.54) is 11.8 Å². The number of aromatic amines is 1. The number of hydrogen-bond donors (Lipinski definition) is 2. The van der Waals surface area contributed by atoms with Gasteiger partial charge in [0.05, 0.1) is 30.7 Å². The number of esters is 1. The third-order valence-electron chi connectivity index (χ3n) is 4.06. The maximum Gasteiger partial charge on any atom is 0.340 e. The van der Waals surface area contributed by atoms with Crippen LogP contribution in [0.1, 0.15) is 34.2 Å². The van der Waals surface area contributed by atoms with Gasteiger partial charge >= 0.3 is 5.97 Å². The van der Waals surface area contributed by atoms with E-state index in [1.54, 1.807) is 14.0 Å². The van der Waals surface area contributed by atoms with Crippen molar-refractivity contribution in [1.29, 1.82) is 0 Å². The number of ether oxygens (including phenoxy) is 2. The van der Waals surface area contributed by atoms with Crippen LogP contribution in [-0.4, -0.2) is 41.3 Å². The molecule has 2 heterocycles. The molecule has 7 nitrogen and oxygen atoms in total. The summed E-state index contributed by atoms with van der Waals surface area (Å²) in [6.07, 6.45) is 0. The number of H-pyrrole nitrogens is 1. The first kappa shape index (κ1) is 19.0. The highest BCUT2D eigenvalue weighted by Gasteiger charge is 2.26. The molecule has 1 aliphatic heterocycles. The summed E-state index contributed by atoms with van der Waals surface area (Å²) in [6.45, 7) is 5.92. The van der Waals surface area contributed by atoms with Crippen LogP contribution in [0.2, 0.25) is 0 Å². The fourth-order valence-electron chi connectivity index (χ4n) is 2.90. The van der Waals surface area contributed by atoms with E-state index in [-0.39, 0.29) is 5.97 Å². The Morgan fingerprint density at radius 3 is 2.81 bits per heavy atom. The van der Waals surface area contributed by atoms with Crippen molar-refractivity contribution in [3.05, 3.63) is 46.8 Å². The molecule has 0 amide bonds. The van der Waals surface area contributed by atoms with Gasteiger partial charge in [-0.25, -0.2) is 9.79 Å². The highest BCUT2D eigenvalue weighted by atomic mass is 32.2. The number of thioether (sulfide) groups is 1. The van der Waals surface area contributed by atoms with E-state index < -0.39 is 0 Å². The Kier molecular flexibility index (Phi) is 5.85. The number of rotatable bonds is 5. The number of nitrogens with zero attached hydrogens (tertiary/aromatic N) is 2. The minimum atomic E-state index is -0.335. The number of methoxy groups -OCH3 is 1. The monoisotopic (exact) mass is 386 g/mol. The molecule has 2 aromatic rings. The number of aryl methyl sites for hydroxylation is 2. The molecule has 0 spiro atoms. The fraction of sp³-hybridized carbons (Fsp3) is 0.316. The topological polar surface area (TPSA) is 88.1 Å². The van der Waals surface area contributed by atoms with Crippen molar-refractivity contribution in [2.24, 2.45) is 10.1 Å². The summed E-state index contributed by atoms with van der Waals surface area (Å²) in [5, 5.41) is 5.14. The minimum absolute atomic E-state index is 0.332. The summed E-state index contributed by atoms with van der Waals surface area (Å²) in [4.78, 5) is 20.1. The summed E-state index contributed by atoms with van der Waals surface area (Å²) >= 11 is 1.53. The fourth-order valence-corrected chi connectivity index (χ4v) is 3.66. The number of hydrazone groups is 1. The molecule has 0 fully saturated rings. The Morgan fingerprint density at radius 2 is 2.15 bits per heavy atom. The molecule has 3 rings (SSSR count). The summed E-state index contributed by atoms with van der Waals surface area (Å²) < 4.78 is 10.4. The van der Waals surface area contributed by atoms with Gasteiger partial charge in [-0.2, -0.15) is 5.10 Å². The molecule has 0 saturated carbocycles. The SMILES string of the molecule is CCOC(=O)c1c(C)[nH]c(C)c1C1=NNC(=Nc2cccc(OC)c2)SC1. The van der Waals surface area contributed by atoms with Crippen LogP contribution >= 0.6 is 11.8 Å². The molecule has 0 radical (unpaired) electrons. The van der Waals surface area contributed by atoms with Gasteiger partial charge in [0.25, 0.3) is 0 Å². The lowest BCUT2D eigenvalue weighted by molar-refractivity contribution is 0.0525. The maximum absolute atomic E-state index is 12.3. The zero-order valence-electron chi connectivity index (χ0n) is 15.8. The van der Waals surface area contributed by atoms with E-state index in [0.717, 1.165) is 34.1 Å². The molecule has 1 aromatic heterocycles. The van der Waals surface area contributed by atoms with Gasteiger partial charge in [-0.05, 0) is 32.9 Å². The van der Waals surface area contributed by atoms with Crippen molar-refractivity contribution in [3.8, 4) is 5.75 Å². The second-order valence-corrected chi connectivity index (χ2v) is 6.89. The lowest BCUT2D eigenvalue weighted by Gasteiger charge is -2.16. The summed E-state index contributed by atoms with van der Waals surface area (Å²) in [5.41, 5.74) is 7.57. The van der Waals surface area contributed by atoms with Crippen LogP contribution in [0.4, 0.5) is 5.69 Å². The molecule has 0 saturated heterocycles. The highest BCUT2D eigenvalue weighted by Crippen LogP contribution is 2.26. The minimum Gasteiger partial charge on any atom is -0.497 e. The average Bonchev–Trinajstić information content (AvgIpc) is 2.96. The van der Waals surface area contributed by atoms with Crippen LogP contribution in [0.5, 0.6) is 5.75 Å². The van der Waals surface area contributed by atoms with Crippen LogP contribution in [0.25, 0.3) is 0 Å². The van der Waals surface area contributed by atoms with Crippen molar-refractivity contribution in [2.75, 3.05) is 19.5 Å². The summed E-state index contributed by atoms with van der Waals surface area (Å²) in [6, 6.07) is 7.51. The Labute approximate surface area is 162 Å². The standard InChI is InChI=1S/C19H22N4O3S/c1-5-26-18(24)17-12(3)20-11(2)16(17)15-10-27-19(23-22-15)21-13-7-6-8-14(9-13)25-4/h6-9,20H,5,10H2,1-4H3,(H,21,23). The van der Waals surface area contributed by atoms with Gasteiger partial charge in [-0.1, -0.05) is 17.8 Å². The number of benzene rings is 1. The van der Waals surface area contributed by atoms with Crippen molar-refractivity contribution in [2.45, 2.75) is 20.8 Å². The summed E-state index contributed by atoms with van der Waals surface area (Å²) in [7, 11) is 1.62. The molecular weight excluding hydrogens is 364 g/mol. The van der Waals surface area contributed by atoms with Crippen LogP contribution in [0, 0.1) is 13.8 Å². The molecule has 142 valence electrons. The molecule has 2 N–H and O–H groups in total. The van der Waals surface area contributed by atoms with Crippen molar-refractivity contribution < 1.29 is 14.3 Å². The maximum atomic E-state index is 12.3. The first-order valence-corrected chi connectivity index (χ1v) is 9.56. The summed E-state index contributed by atoms with van der Waals surface area (Å²) in [5.74, 6) is 1.01. The Morgan fingerprint density at radius 1 is 1.33 bits per heavy atom. The number of amidine groups is 1. The molecule has 0 bridgehead atoms. The lowest BCUT2D eigenvalue weighted by atomic mass is 10.1. The molecule has 27 heavy (non-hydrogen) atoms. The molecule has 1 aliphatic rings. The molecule has 0 unspecified atom stereocenters. The highest BCUT2D eigenvalue weighted by molar-refractivity contribution is 8.14. The van der Waals surface area contributed by atoms with Gasteiger partial charge in [0.2, 0.25) is 0 Å². The van der Waals surface area contributed by atoms with E-state index in [9.17, 15) is 4.79 Å². The largest absolute Gasteiger partial charge is 0.497 e. The zero-order chi connectivity index (χ0) is 19.4. The Balaban J connectivity index is 1.85. The normalized spacial score (nSPS) is 15.3. The van der Waals surface area contributed by atoms with Gasteiger partial charge in [0.15, 0.2) is 5.17 Å². The third kappa shape index (κ3) is 4.16. The van der Waals surface area contributed by atoms with Crippen LogP contribution < -0.4 is 10.2 Å². The van der Waals surface area contributed by atoms with E-state index >= 15 is 0 Å². The number of carbonyl (C=O) groups is 1. The number of nitrogens with one attached hydrogen (secondary N) is 2. The smallest absolute Gasteiger partial charge is 0.340 e. The van der Waals surface area contributed by atoms with Crippen LogP contribution in [0.3, 0.4) is 0 Å². The first-order valence-electron chi connectivity index (χ1n) is 8.58. The van der Waals surface area contributed by atoms with Gasteiger partial charge in [0, 0.05) is 28.8 Å². The van der Waals surface area contributed by atoms with Crippen LogP contribution in [0.15, 0.2) is 34.4 Å². The molecular formula is C19H22N4O3S. The number of carbonyl (C=O) groups excluding carboxylic acids is 1. The van der Waals surface area contributed by atoms with E-state index in [4.69, 9.17) is 9.47 Å². The average molecular weight is 386 g/mol. The van der Waals surface area contributed by atoms with E-state index in [0.29, 0.717) is 23.1 Å². The number of hydrogen-bond acceptors (Lipinski definition) is 6. The molecule has 0 aliphatic carbocycles. The van der Waals surface area contributed by atoms with E-state index in [1.807, 2.05) is 38.1 Å². The second kappa shape index (κ2) is 8.30. The zero-order valence-corrected chi connectivity index (χ0v) is 16.6. The van der Waals surface area contributed by atoms with Crippen molar-refractivity contribution in [1.82, 2.24) is 10.4 Å².